The maximum Gasteiger partial charge on any atom is 0.164 e. The van der Waals surface area contributed by atoms with Crippen LogP contribution in [0.1, 0.15) is 25.3 Å². The van der Waals surface area contributed by atoms with Gasteiger partial charge in [-0.25, -0.2) is 4.39 Å². The van der Waals surface area contributed by atoms with Gasteiger partial charge in [0.1, 0.15) is 19.0 Å². The normalized spacial score (nSPS) is 17.1. The van der Waals surface area contributed by atoms with Crippen molar-refractivity contribution in [3.63, 3.8) is 0 Å². The van der Waals surface area contributed by atoms with Crippen molar-refractivity contribution in [1.29, 1.82) is 0 Å². The van der Waals surface area contributed by atoms with E-state index in [0.717, 1.165) is 0 Å². The monoisotopic (exact) mass is 269 g/mol. The zero-order valence-corrected chi connectivity index (χ0v) is 11.2. The Labute approximate surface area is 111 Å². The van der Waals surface area contributed by atoms with Gasteiger partial charge in [-0.3, -0.25) is 0 Å². The summed E-state index contributed by atoms with van der Waals surface area (Å²) in [5.74, 6) is 0.558. The molecule has 0 bridgehead atoms. The van der Waals surface area contributed by atoms with Gasteiger partial charge in [0.25, 0.3) is 0 Å². The number of benzene rings is 1. The van der Waals surface area contributed by atoms with Crippen molar-refractivity contribution in [2.24, 2.45) is 11.7 Å². The zero-order valence-electron chi connectivity index (χ0n) is 10.4. The third kappa shape index (κ3) is 2.41. The van der Waals surface area contributed by atoms with Crippen LogP contribution in [0.15, 0.2) is 12.1 Å². The number of ether oxygens (including phenoxy) is 2. The molecule has 3 nitrogen and oxygen atoms in total. The molecule has 2 atom stereocenters. The second kappa shape index (κ2) is 5.10. The molecule has 1 aliphatic heterocycles. The molecule has 1 aromatic rings. The third-order valence-corrected chi connectivity index (χ3v) is 3.72. The molecule has 0 saturated heterocycles. The third-order valence-electron chi connectivity index (χ3n) is 3.35. The van der Waals surface area contributed by atoms with Crippen LogP contribution >= 0.6 is 12.2 Å². The first-order valence-corrected chi connectivity index (χ1v) is 6.30. The van der Waals surface area contributed by atoms with Gasteiger partial charge in [-0.05, 0) is 17.5 Å². The highest BCUT2D eigenvalue weighted by Crippen LogP contribution is 2.37. The van der Waals surface area contributed by atoms with E-state index in [1.54, 1.807) is 6.07 Å². The van der Waals surface area contributed by atoms with Gasteiger partial charge in [0.05, 0.1) is 4.99 Å². The fraction of sp³-hybridized carbons (Fsp3) is 0.462. The van der Waals surface area contributed by atoms with Crippen LogP contribution in [-0.2, 0) is 0 Å². The molecule has 1 heterocycles. The Bertz CT molecular complexity index is 478. The lowest BCUT2D eigenvalue weighted by Crippen LogP contribution is -2.24. The van der Waals surface area contributed by atoms with Gasteiger partial charge >= 0.3 is 0 Å². The van der Waals surface area contributed by atoms with Gasteiger partial charge in [0, 0.05) is 12.0 Å². The van der Waals surface area contributed by atoms with E-state index in [2.05, 4.69) is 0 Å². The van der Waals surface area contributed by atoms with E-state index in [9.17, 15) is 4.39 Å². The van der Waals surface area contributed by atoms with Gasteiger partial charge in [0.2, 0.25) is 0 Å². The minimum absolute atomic E-state index is 0.0722. The fourth-order valence-electron chi connectivity index (χ4n) is 1.94. The van der Waals surface area contributed by atoms with E-state index < -0.39 is 0 Å². The molecule has 0 saturated carbocycles. The Morgan fingerprint density at radius 1 is 1.28 bits per heavy atom. The molecule has 2 rings (SSSR count). The number of hydrogen-bond acceptors (Lipinski definition) is 3. The number of thiocarbonyl (C=S) groups is 1. The van der Waals surface area contributed by atoms with Crippen molar-refractivity contribution in [3.8, 4) is 11.5 Å². The lowest BCUT2D eigenvalue weighted by molar-refractivity contribution is 0.170. The van der Waals surface area contributed by atoms with Crippen LogP contribution in [-0.4, -0.2) is 18.2 Å². The first kappa shape index (κ1) is 13.1. The van der Waals surface area contributed by atoms with Crippen LogP contribution in [0.2, 0.25) is 0 Å². The summed E-state index contributed by atoms with van der Waals surface area (Å²) in [7, 11) is 0. The summed E-state index contributed by atoms with van der Waals surface area (Å²) in [6, 6.07) is 3.05. The van der Waals surface area contributed by atoms with E-state index in [0.29, 0.717) is 35.3 Å². The van der Waals surface area contributed by atoms with Gasteiger partial charge in [-0.15, -0.1) is 0 Å². The molecule has 0 spiro atoms. The molecule has 1 aliphatic rings. The van der Waals surface area contributed by atoms with Gasteiger partial charge in [0.15, 0.2) is 11.5 Å². The van der Waals surface area contributed by atoms with Crippen molar-refractivity contribution < 1.29 is 13.9 Å². The van der Waals surface area contributed by atoms with Crippen LogP contribution < -0.4 is 15.2 Å². The first-order chi connectivity index (χ1) is 8.50. The topological polar surface area (TPSA) is 44.5 Å². The summed E-state index contributed by atoms with van der Waals surface area (Å²) >= 11 is 4.96. The lowest BCUT2D eigenvalue weighted by atomic mass is 9.88. The van der Waals surface area contributed by atoms with Crippen molar-refractivity contribution >= 4 is 17.2 Å². The highest BCUT2D eigenvalue weighted by atomic mass is 32.1. The highest BCUT2D eigenvalue weighted by molar-refractivity contribution is 7.80. The largest absolute Gasteiger partial charge is 0.486 e. The Morgan fingerprint density at radius 3 is 2.39 bits per heavy atom. The Morgan fingerprint density at radius 2 is 1.83 bits per heavy atom. The Balaban J connectivity index is 2.36. The maximum absolute atomic E-state index is 14.0. The predicted molar refractivity (Wildman–Crippen MR) is 71.8 cm³/mol. The zero-order chi connectivity index (χ0) is 13.3. The molecule has 0 aliphatic carbocycles. The van der Waals surface area contributed by atoms with E-state index in [1.165, 1.54) is 6.07 Å². The van der Waals surface area contributed by atoms with Crippen LogP contribution in [0.4, 0.5) is 4.39 Å². The van der Waals surface area contributed by atoms with E-state index in [4.69, 9.17) is 27.4 Å². The molecule has 0 radical (unpaired) electrons. The summed E-state index contributed by atoms with van der Waals surface area (Å²) in [4.78, 5) is 0.386. The molecule has 5 heteroatoms. The average molecular weight is 269 g/mol. The Kier molecular flexibility index (Phi) is 3.71. The quantitative estimate of drug-likeness (QED) is 0.857. The van der Waals surface area contributed by atoms with Gasteiger partial charge in [-0.1, -0.05) is 26.1 Å². The maximum atomic E-state index is 14.0. The summed E-state index contributed by atoms with van der Waals surface area (Å²) in [6.07, 6.45) is 0. The van der Waals surface area contributed by atoms with E-state index in [1.807, 2.05) is 13.8 Å². The van der Waals surface area contributed by atoms with E-state index in [-0.39, 0.29) is 17.7 Å². The van der Waals surface area contributed by atoms with Crippen molar-refractivity contribution in [2.75, 3.05) is 13.2 Å². The van der Waals surface area contributed by atoms with Crippen LogP contribution in [0, 0.1) is 11.7 Å². The predicted octanol–water partition coefficient (Wildman–Crippen LogP) is 2.62. The highest BCUT2D eigenvalue weighted by Gasteiger charge is 2.23. The Hall–Kier alpha value is -1.36. The van der Waals surface area contributed by atoms with Crippen LogP contribution in [0.3, 0.4) is 0 Å². The van der Waals surface area contributed by atoms with Crippen LogP contribution in [0.25, 0.3) is 0 Å². The standard InChI is InChI=1S/C13H16FNO2S/c1-7(8(2)13(15)18)9-5-11-12(6-10(9)14)17-4-3-16-11/h5-8H,3-4H2,1-2H3,(H2,15,18). The fourth-order valence-corrected chi connectivity index (χ4v) is 2.15. The minimum Gasteiger partial charge on any atom is -0.486 e. The summed E-state index contributed by atoms with van der Waals surface area (Å²) in [5, 5.41) is 0. The van der Waals surface area contributed by atoms with Gasteiger partial charge in [-0.2, -0.15) is 0 Å². The molecule has 2 N–H and O–H groups in total. The number of rotatable bonds is 3. The second-order valence-electron chi connectivity index (χ2n) is 4.50. The number of halogens is 1. The number of nitrogens with two attached hydrogens (primary N) is 1. The smallest absolute Gasteiger partial charge is 0.164 e. The molecular formula is C13H16FNO2S. The first-order valence-electron chi connectivity index (χ1n) is 5.89. The SMILES string of the molecule is CC(C(N)=S)C(C)c1cc2c(cc1F)OCCO2. The number of hydrogen-bond donors (Lipinski definition) is 1. The molecule has 0 amide bonds. The van der Waals surface area contributed by atoms with Gasteiger partial charge < -0.3 is 15.2 Å². The second-order valence-corrected chi connectivity index (χ2v) is 4.97. The summed E-state index contributed by atoms with van der Waals surface area (Å²) in [6.45, 7) is 4.73. The molecule has 0 aromatic heterocycles. The summed E-state index contributed by atoms with van der Waals surface area (Å²) in [5.41, 5.74) is 6.17. The molecule has 0 fully saturated rings. The number of fused-ring (bicyclic) bond motifs is 1. The molecule has 18 heavy (non-hydrogen) atoms. The molecule has 98 valence electrons. The molecule has 1 aromatic carbocycles. The van der Waals surface area contributed by atoms with E-state index >= 15 is 0 Å². The molecule has 2 unspecified atom stereocenters. The van der Waals surface area contributed by atoms with Crippen molar-refractivity contribution in [2.45, 2.75) is 19.8 Å². The van der Waals surface area contributed by atoms with Crippen molar-refractivity contribution in [3.05, 3.63) is 23.5 Å². The minimum atomic E-state index is -0.310. The lowest BCUT2D eigenvalue weighted by Gasteiger charge is -2.23. The average Bonchev–Trinajstić information content (AvgIpc) is 2.36. The van der Waals surface area contributed by atoms with Crippen molar-refractivity contribution in [1.82, 2.24) is 0 Å². The molecular weight excluding hydrogens is 253 g/mol. The summed E-state index contributed by atoms with van der Waals surface area (Å²) < 4.78 is 24.8. The van der Waals surface area contributed by atoms with Crippen LogP contribution in [0.5, 0.6) is 11.5 Å².